The summed E-state index contributed by atoms with van der Waals surface area (Å²) in [5.41, 5.74) is 0. The molecule has 1 unspecified atom stereocenters. The van der Waals surface area contributed by atoms with E-state index >= 15 is 0 Å². The van der Waals surface area contributed by atoms with Crippen molar-refractivity contribution in [2.24, 2.45) is 5.92 Å². The maximum absolute atomic E-state index is 11.9. The van der Waals surface area contributed by atoms with Gasteiger partial charge in [-0.1, -0.05) is 11.6 Å². The van der Waals surface area contributed by atoms with E-state index in [4.69, 9.17) is 16.7 Å². The third-order valence-electron chi connectivity index (χ3n) is 2.54. The third kappa shape index (κ3) is 6.30. The molecule has 0 aromatic rings. The van der Waals surface area contributed by atoms with E-state index in [0.29, 0.717) is 6.92 Å². The highest BCUT2D eigenvalue weighted by molar-refractivity contribution is 6.58. The van der Waals surface area contributed by atoms with Gasteiger partial charge in [0.1, 0.15) is 5.92 Å². The van der Waals surface area contributed by atoms with E-state index in [1.807, 2.05) is 0 Å². The average Bonchev–Trinajstić information content (AvgIpc) is 2.50. The first kappa shape index (κ1) is 24.3. The topological polar surface area (TPSA) is 106 Å². The molecule has 0 radical (unpaired) electrons. The zero-order valence-electron chi connectivity index (χ0n) is 12.2. The fourth-order valence-electron chi connectivity index (χ4n) is 1.09. The lowest BCUT2D eigenvalue weighted by molar-refractivity contribution is -0.178. The van der Waals surface area contributed by atoms with Gasteiger partial charge in [-0.3, -0.25) is 24.0 Å². The Kier molecular flexibility index (Phi) is 9.54. The molecule has 1 N–H and O–H groups in total. The number of halogens is 6. The van der Waals surface area contributed by atoms with Crippen LogP contribution in [0.15, 0.2) is 0 Å². The standard InChI is InChI=1S/C7H7ClF2O3.C5H5F3O3/c1-4(11)7(8,5(12)2-9)6(13)3-10;1-2(4(10)11)3(9)5(6,7)8/h2-3H2,1H3;2H,1H3,(H,10,11). The van der Waals surface area contributed by atoms with Gasteiger partial charge in [0.15, 0.2) is 30.7 Å². The molecule has 24 heavy (non-hydrogen) atoms. The molecule has 0 aliphatic carbocycles. The molecular weight excluding hydrogens is 371 g/mol. The minimum Gasteiger partial charge on any atom is -0.481 e. The van der Waals surface area contributed by atoms with Crippen LogP contribution in [0.25, 0.3) is 0 Å². The minimum atomic E-state index is -5.06. The van der Waals surface area contributed by atoms with Gasteiger partial charge in [0, 0.05) is 0 Å². The Labute approximate surface area is 136 Å². The molecular formula is C12H12ClF5O6. The number of Topliss-reactive ketones (excluding diaryl/α,β-unsaturated/α-hetero) is 4. The molecule has 1 atom stereocenters. The molecule has 0 heterocycles. The van der Waals surface area contributed by atoms with Crippen molar-refractivity contribution in [2.75, 3.05) is 13.3 Å². The smallest absolute Gasteiger partial charge is 0.450 e. The molecule has 0 saturated carbocycles. The lowest BCUT2D eigenvalue weighted by Crippen LogP contribution is -2.49. The van der Waals surface area contributed by atoms with Gasteiger partial charge >= 0.3 is 12.1 Å². The summed E-state index contributed by atoms with van der Waals surface area (Å²) in [6.45, 7) is -1.63. The van der Waals surface area contributed by atoms with Crippen LogP contribution in [0.3, 0.4) is 0 Å². The zero-order valence-corrected chi connectivity index (χ0v) is 13.0. The van der Waals surface area contributed by atoms with Crippen LogP contribution in [-0.4, -0.2) is 58.6 Å². The number of carboxylic acid groups (broad SMARTS) is 1. The highest BCUT2D eigenvalue weighted by Gasteiger charge is 2.47. The number of carboxylic acids is 1. The number of alkyl halides is 6. The van der Waals surface area contributed by atoms with Crippen LogP contribution < -0.4 is 0 Å². The van der Waals surface area contributed by atoms with E-state index in [0.717, 1.165) is 6.92 Å². The molecule has 0 aromatic carbocycles. The van der Waals surface area contributed by atoms with Crippen molar-refractivity contribution in [3.8, 4) is 0 Å². The summed E-state index contributed by atoms with van der Waals surface area (Å²) in [4.78, 5) is 49.6. The molecule has 12 heteroatoms. The molecule has 0 saturated heterocycles. The number of carbonyl (C=O) groups is 5. The predicted octanol–water partition coefficient (Wildman–Crippen LogP) is 1.47. The van der Waals surface area contributed by atoms with E-state index in [9.17, 15) is 45.9 Å². The van der Waals surface area contributed by atoms with Gasteiger partial charge in [-0.15, -0.1) is 0 Å². The second kappa shape index (κ2) is 9.40. The van der Waals surface area contributed by atoms with Gasteiger partial charge in [-0.25, -0.2) is 8.78 Å². The first-order chi connectivity index (χ1) is 10.7. The summed E-state index contributed by atoms with van der Waals surface area (Å²) >= 11 is 5.25. The number of rotatable bonds is 7. The van der Waals surface area contributed by atoms with E-state index in [-0.39, 0.29) is 0 Å². The van der Waals surface area contributed by atoms with E-state index in [1.54, 1.807) is 0 Å². The van der Waals surface area contributed by atoms with Crippen LogP contribution in [0.2, 0.25) is 0 Å². The van der Waals surface area contributed by atoms with Gasteiger partial charge in [0.25, 0.3) is 0 Å². The van der Waals surface area contributed by atoms with Gasteiger partial charge in [-0.05, 0) is 13.8 Å². The largest absolute Gasteiger partial charge is 0.481 e. The monoisotopic (exact) mass is 382 g/mol. The molecule has 0 fully saturated rings. The quantitative estimate of drug-likeness (QED) is 0.406. The van der Waals surface area contributed by atoms with Gasteiger partial charge in [-0.2, -0.15) is 13.2 Å². The van der Waals surface area contributed by atoms with Crippen LogP contribution >= 0.6 is 11.6 Å². The maximum Gasteiger partial charge on any atom is 0.450 e. The number of aliphatic carboxylic acids is 1. The van der Waals surface area contributed by atoms with Crippen molar-refractivity contribution >= 4 is 40.7 Å². The number of ketones is 4. The predicted molar refractivity (Wildman–Crippen MR) is 69.1 cm³/mol. The SMILES string of the molecule is CC(=O)C(Cl)(C(=O)CF)C(=O)CF.CC(C(=O)O)C(=O)C(F)(F)F. The molecule has 0 amide bonds. The third-order valence-corrected chi connectivity index (χ3v) is 3.23. The van der Waals surface area contributed by atoms with Crippen molar-refractivity contribution in [1.29, 1.82) is 0 Å². The summed E-state index contributed by atoms with van der Waals surface area (Å²) in [5, 5.41) is 7.99. The summed E-state index contributed by atoms with van der Waals surface area (Å²) in [6.07, 6.45) is -5.06. The Morgan fingerprint density at radius 2 is 1.33 bits per heavy atom. The lowest BCUT2D eigenvalue weighted by Gasteiger charge is -2.17. The lowest BCUT2D eigenvalue weighted by atomic mass is 9.95. The second-order valence-corrected chi connectivity index (χ2v) is 4.82. The van der Waals surface area contributed by atoms with Gasteiger partial charge in [0.05, 0.1) is 0 Å². The number of hydrogen-bond acceptors (Lipinski definition) is 5. The fourth-order valence-corrected chi connectivity index (χ4v) is 1.19. The molecule has 6 nitrogen and oxygen atoms in total. The summed E-state index contributed by atoms with van der Waals surface area (Å²) in [7, 11) is 0. The van der Waals surface area contributed by atoms with Crippen LogP contribution in [0.1, 0.15) is 13.8 Å². The molecule has 0 bridgehead atoms. The summed E-state index contributed by atoms with van der Waals surface area (Å²) in [5.74, 6) is -9.94. The van der Waals surface area contributed by atoms with Gasteiger partial charge in [0.2, 0.25) is 10.7 Å². The van der Waals surface area contributed by atoms with Crippen molar-refractivity contribution in [2.45, 2.75) is 24.9 Å². The van der Waals surface area contributed by atoms with Crippen molar-refractivity contribution in [3.63, 3.8) is 0 Å². The van der Waals surface area contributed by atoms with Crippen molar-refractivity contribution in [3.05, 3.63) is 0 Å². The normalized spacial score (nSPS) is 12.5. The Hall–Kier alpha value is -1.91. The fraction of sp³-hybridized carbons (Fsp3) is 0.583. The Morgan fingerprint density at radius 1 is 1.00 bits per heavy atom. The molecule has 0 aliphatic rings. The number of carbonyl (C=O) groups excluding carboxylic acids is 4. The molecule has 0 aromatic heterocycles. The Bertz CT molecular complexity index is 515. The summed E-state index contributed by atoms with van der Waals surface area (Å²) in [6, 6.07) is 0. The van der Waals surface area contributed by atoms with Crippen LogP contribution in [0.4, 0.5) is 22.0 Å². The Morgan fingerprint density at radius 3 is 1.46 bits per heavy atom. The first-order valence-corrected chi connectivity index (χ1v) is 6.27. The molecule has 0 spiro atoms. The number of hydrogen-bond donors (Lipinski definition) is 1. The molecule has 0 rings (SSSR count). The molecule has 0 aliphatic heterocycles. The molecule has 138 valence electrons. The highest BCUT2D eigenvalue weighted by Crippen LogP contribution is 2.21. The van der Waals surface area contributed by atoms with Crippen molar-refractivity contribution in [1.82, 2.24) is 0 Å². The minimum absolute atomic E-state index is 0.693. The Balaban J connectivity index is 0. The summed E-state index contributed by atoms with van der Waals surface area (Å²) < 4.78 is 58.1. The van der Waals surface area contributed by atoms with Crippen molar-refractivity contribution < 1.29 is 51.0 Å². The maximum atomic E-state index is 11.9. The van der Waals surface area contributed by atoms with E-state index in [1.165, 1.54) is 0 Å². The van der Waals surface area contributed by atoms with Crippen LogP contribution in [-0.2, 0) is 24.0 Å². The second-order valence-electron chi connectivity index (χ2n) is 4.25. The highest BCUT2D eigenvalue weighted by atomic mass is 35.5. The van der Waals surface area contributed by atoms with E-state index < -0.39 is 59.4 Å². The van der Waals surface area contributed by atoms with E-state index in [2.05, 4.69) is 0 Å². The first-order valence-electron chi connectivity index (χ1n) is 5.90. The average molecular weight is 383 g/mol. The van der Waals surface area contributed by atoms with Gasteiger partial charge < -0.3 is 5.11 Å². The zero-order chi connectivity index (χ0) is 19.9. The van der Waals surface area contributed by atoms with Crippen LogP contribution in [0, 0.1) is 5.92 Å². The van der Waals surface area contributed by atoms with Crippen LogP contribution in [0.5, 0.6) is 0 Å².